The summed E-state index contributed by atoms with van der Waals surface area (Å²) in [4.78, 5) is 25.1. The Balaban J connectivity index is 4.45. The van der Waals surface area contributed by atoms with Gasteiger partial charge in [0.2, 0.25) is 5.91 Å². The van der Waals surface area contributed by atoms with Crippen LogP contribution in [-0.4, -0.2) is 68.5 Å². The molecule has 0 bridgehead atoms. The van der Waals surface area contributed by atoms with Crippen molar-refractivity contribution in [3.8, 4) is 0 Å². The molecule has 8 nitrogen and oxygen atoms in total. The molecule has 276 valence electrons. The highest BCUT2D eigenvalue weighted by Gasteiger charge is 2.24. The van der Waals surface area contributed by atoms with E-state index in [4.69, 9.17) is 9.05 Å². The number of carbonyl (C=O) groups excluding carboxylic acids is 1. The number of nitrogens with one attached hydrogen (secondary N) is 1. The molecular formula is C37H77N2O6P. The Bertz CT molecular complexity index is 733. The number of carbonyl (C=O) groups is 1. The van der Waals surface area contributed by atoms with Crippen LogP contribution in [-0.2, 0) is 18.4 Å². The summed E-state index contributed by atoms with van der Waals surface area (Å²) in [6.45, 7) is 4.70. The van der Waals surface area contributed by atoms with Gasteiger partial charge in [0.15, 0.2) is 0 Å². The molecular weight excluding hydrogens is 599 g/mol. The van der Waals surface area contributed by atoms with Crippen LogP contribution in [0, 0.1) is 0 Å². The number of phosphoric acid groups is 1. The van der Waals surface area contributed by atoms with E-state index in [9.17, 15) is 19.4 Å². The van der Waals surface area contributed by atoms with Crippen LogP contribution in [0.15, 0.2) is 0 Å². The number of unbranched alkanes of at least 4 members (excludes halogenated alkanes) is 22. The third kappa shape index (κ3) is 32.1. The van der Waals surface area contributed by atoms with E-state index in [1.54, 1.807) is 0 Å². The Kier molecular flexibility index (Phi) is 30.2. The average molecular weight is 677 g/mol. The largest absolute Gasteiger partial charge is 0.756 e. The first-order chi connectivity index (χ1) is 22.0. The Labute approximate surface area is 285 Å². The summed E-state index contributed by atoms with van der Waals surface area (Å²) >= 11 is 0. The molecule has 0 aromatic carbocycles. The molecule has 0 fully saturated rings. The molecule has 0 heterocycles. The molecule has 0 aromatic rings. The minimum atomic E-state index is -4.55. The quantitative estimate of drug-likeness (QED) is 0.0394. The van der Waals surface area contributed by atoms with Crippen molar-refractivity contribution in [2.45, 2.75) is 193 Å². The Morgan fingerprint density at radius 3 is 1.48 bits per heavy atom. The zero-order valence-corrected chi connectivity index (χ0v) is 31.9. The van der Waals surface area contributed by atoms with Crippen LogP contribution < -0.4 is 10.2 Å². The lowest BCUT2D eigenvalue weighted by atomic mass is 10.0. The maximum atomic E-state index is 12.8. The maximum Gasteiger partial charge on any atom is 0.268 e. The fraction of sp³-hybridized carbons (Fsp3) is 0.973. The topological polar surface area (TPSA) is 108 Å². The van der Waals surface area contributed by atoms with E-state index >= 15 is 0 Å². The predicted octanol–water partition coefficient (Wildman–Crippen LogP) is 9.22. The lowest BCUT2D eigenvalue weighted by Crippen LogP contribution is -2.46. The summed E-state index contributed by atoms with van der Waals surface area (Å²) < 4.78 is 23.1. The van der Waals surface area contributed by atoms with Gasteiger partial charge in [0.25, 0.3) is 7.82 Å². The number of aliphatic hydroxyl groups excluding tert-OH is 1. The van der Waals surface area contributed by atoms with E-state index in [0.717, 1.165) is 38.5 Å². The molecule has 1 amide bonds. The monoisotopic (exact) mass is 677 g/mol. The second kappa shape index (κ2) is 30.6. The van der Waals surface area contributed by atoms with Gasteiger partial charge in [0.05, 0.1) is 39.9 Å². The molecule has 9 heteroatoms. The van der Waals surface area contributed by atoms with Crippen LogP contribution in [0.5, 0.6) is 0 Å². The number of nitrogens with zero attached hydrogens (tertiary/aromatic N) is 1. The van der Waals surface area contributed by atoms with Crippen molar-refractivity contribution in [3.63, 3.8) is 0 Å². The Morgan fingerprint density at radius 2 is 1.07 bits per heavy atom. The molecule has 0 aliphatic heterocycles. The standard InChI is InChI=1S/C37H77N2O6P/c1-6-8-10-12-14-16-18-19-21-22-24-26-28-30-36(40)35(34-45-46(42,43)44-33-32-39(3,4)5)38-37(41)31-29-27-25-23-20-17-15-13-11-9-7-2/h35-36,40H,6-34H2,1-5H3,(H-,38,41,42,43). The van der Waals surface area contributed by atoms with E-state index in [1.165, 1.54) is 116 Å². The number of hydrogen-bond acceptors (Lipinski definition) is 6. The number of likely N-dealkylation sites (N-methyl/N-ethyl adjacent to an activating group) is 1. The van der Waals surface area contributed by atoms with Gasteiger partial charge in [-0.1, -0.05) is 162 Å². The third-order valence-corrected chi connectivity index (χ3v) is 9.81. The molecule has 0 saturated carbocycles. The lowest BCUT2D eigenvalue weighted by molar-refractivity contribution is -0.870. The molecule has 3 atom stereocenters. The van der Waals surface area contributed by atoms with Gasteiger partial charge in [0, 0.05) is 6.42 Å². The normalized spacial score (nSPS) is 14.7. The number of phosphoric ester groups is 1. The first-order valence-electron chi connectivity index (χ1n) is 19.4. The van der Waals surface area contributed by atoms with Crippen LogP contribution in [0.1, 0.15) is 181 Å². The molecule has 0 saturated heterocycles. The molecule has 0 spiro atoms. The number of quaternary nitrogens is 1. The highest BCUT2D eigenvalue weighted by atomic mass is 31.2. The van der Waals surface area contributed by atoms with Crippen molar-refractivity contribution in [2.75, 3.05) is 40.9 Å². The molecule has 0 aromatic heterocycles. The van der Waals surface area contributed by atoms with Crippen LogP contribution in [0.25, 0.3) is 0 Å². The summed E-state index contributed by atoms with van der Waals surface area (Å²) in [5.74, 6) is -0.166. The highest BCUT2D eigenvalue weighted by molar-refractivity contribution is 7.45. The van der Waals surface area contributed by atoms with Crippen LogP contribution in [0.2, 0.25) is 0 Å². The van der Waals surface area contributed by atoms with Gasteiger partial charge >= 0.3 is 0 Å². The summed E-state index contributed by atoms with van der Waals surface area (Å²) in [6, 6.07) is -0.790. The summed E-state index contributed by atoms with van der Waals surface area (Å²) in [6.07, 6.45) is 29.5. The van der Waals surface area contributed by atoms with Gasteiger partial charge in [-0.2, -0.15) is 0 Å². The zero-order valence-electron chi connectivity index (χ0n) is 31.0. The van der Waals surface area contributed by atoms with Crippen molar-refractivity contribution in [1.82, 2.24) is 5.32 Å². The van der Waals surface area contributed by atoms with Gasteiger partial charge in [0.1, 0.15) is 13.2 Å². The van der Waals surface area contributed by atoms with E-state index in [0.29, 0.717) is 23.9 Å². The number of aliphatic hydroxyl groups is 1. The van der Waals surface area contributed by atoms with Crippen molar-refractivity contribution in [2.24, 2.45) is 0 Å². The third-order valence-electron chi connectivity index (χ3n) is 8.85. The van der Waals surface area contributed by atoms with Crippen LogP contribution in [0.3, 0.4) is 0 Å². The first-order valence-corrected chi connectivity index (χ1v) is 20.8. The zero-order chi connectivity index (χ0) is 34.4. The molecule has 3 unspecified atom stereocenters. The summed E-state index contributed by atoms with van der Waals surface area (Å²) in [5, 5.41) is 13.8. The van der Waals surface area contributed by atoms with Crippen molar-refractivity contribution in [3.05, 3.63) is 0 Å². The minimum Gasteiger partial charge on any atom is -0.756 e. The minimum absolute atomic E-state index is 0.0155. The van der Waals surface area contributed by atoms with Crippen LogP contribution in [0.4, 0.5) is 0 Å². The van der Waals surface area contributed by atoms with Gasteiger partial charge in [-0.15, -0.1) is 0 Å². The molecule has 0 aliphatic carbocycles. The lowest BCUT2D eigenvalue weighted by Gasteiger charge is -2.30. The summed E-state index contributed by atoms with van der Waals surface area (Å²) in [7, 11) is 1.31. The summed E-state index contributed by atoms with van der Waals surface area (Å²) in [5.41, 5.74) is 0. The fourth-order valence-corrected chi connectivity index (χ4v) is 6.41. The van der Waals surface area contributed by atoms with Gasteiger partial charge < -0.3 is 28.8 Å². The van der Waals surface area contributed by atoms with E-state index in [1.807, 2.05) is 21.1 Å². The predicted molar refractivity (Wildman–Crippen MR) is 192 cm³/mol. The second-order valence-corrected chi connectivity index (χ2v) is 16.1. The Morgan fingerprint density at radius 1 is 0.674 bits per heavy atom. The molecule has 0 radical (unpaired) electrons. The molecule has 0 aliphatic rings. The van der Waals surface area contributed by atoms with Gasteiger partial charge in [-0.25, -0.2) is 0 Å². The van der Waals surface area contributed by atoms with Crippen LogP contribution >= 0.6 is 7.82 Å². The van der Waals surface area contributed by atoms with Gasteiger partial charge in [-0.05, 0) is 12.8 Å². The SMILES string of the molecule is CCCCCCCCCCCCCCCC(O)C(COP(=O)([O-])OCC[N+](C)(C)C)NC(=O)CCCCCCCCCCCCC. The molecule has 46 heavy (non-hydrogen) atoms. The van der Waals surface area contributed by atoms with E-state index < -0.39 is 20.0 Å². The fourth-order valence-electron chi connectivity index (χ4n) is 5.69. The van der Waals surface area contributed by atoms with Gasteiger partial charge in [-0.3, -0.25) is 9.36 Å². The van der Waals surface area contributed by atoms with E-state index in [-0.39, 0.29) is 19.1 Å². The average Bonchev–Trinajstić information content (AvgIpc) is 2.99. The number of amides is 1. The number of rotatable bonds is 35. The van der Waals surface area contributed by atoms with Crippen molar-refractivity contribution < 1.29 is 32.9 Å². The van der Waals surface area contributed by atoms with Crippen molar-refractivity contribution in [1.29, 1.82) is 0 Å². The molecule has 2 N–H and O–H groups in total. The first kappa shape index (κ1) is 45.5. The Hall–Kier alpha value is -0.500. The van der Waals surface area contributed by atoms with E-state index in [2.05, 4.69) is 19.2 Å². The second-order valence-electron chi connectivity index (χ2n) is 14.6. The number of hydrogen-bond donors (Lipinski definition) is 2. The highest BCUT2D eigenvalue weighted by Crippen LogP contribution is 2.38. The maximum absolute atomic E-state index is 12.8. The smallest absolute Gasteiger partial charge is 0.268 e. The van der Waals surface area contributed by atoms with Crippen molar-refractivity contribution >= 4 is 13.7 Å². The molecule has 0 rings (SSSR count).